The van der Waals surface area contributed by atoms with Crippen molar-refractivity contribution < 1.29 is 45.8 Å². The van der Waals surface area contributed by atoms with E-state index in [9.17, 15) is 14.9 Å². The van der Waals surface area contributed by atoms with Crippen molar-refractivity contribution in [3.05, 3.63) is 33.9 Å². The van der Waals surface area contributed by atoms with Crippen LogP contribution in [-0.2, 0) is 0 Å². The number of phenols is 1. The van der Waals surface area contributed by atoms with Gasteiger partial charge in [-0.3, -0.25) is 14.9 Å². The molecule has 0 heterocycles. The average Bonchev–Trinajstić information content (AvgIpc) is 2.03. The summed E-state index contributed by atoms with van der Waals surface area (Å²) >= 11 is 0. The molecule has 0 aliphatic rings. The van der Waals surface area contributed by atoms with Gasteiger partial charge in [-0.25, -0.2) is 0 Å². The second-order valence-electron chi connectivity index (χ2n) is 2.12. The van der Waals surface area contributed by atoms with Gasteiger partial charge >= 0.3 is 29.6 Å². The number of phenolic OH excluding ortho intramolecular Hbond substituents is 1. The third kappa shape index (κ3) is 2.80. The molecule has 1 aromatic rings. The second kappa shape index (κ2) is 4.96. The van der Waals surface area contributed by atoms with Gasteiger partial charge in [0, 0.05) is 6.07 Å². The number of aromatic hydroxyl groups is 1. The van der Waals surface area contributed by atoms with E-state index >= 15 is 0 Å². The Labute approximate surface area is 97.3 Å². The van der Waals surface area contributed by atoms with Crippen LogP contribution in [0.3, 0.4) is 0 Å². The SMILES string of the molecule is O=Cc1cc(O)ccc1[N+](=O)[O-].[H-].[Na+]. The summed E-state index contributed by atoms with van der Waals surface area (Å²) < 4.78 is 0. The number of benzene rings is 1. The average molecular weight is 191 g/mol. The van der Waals surface area contributed by atoms with E-state index in [4.69, 9.17) is 5.11 Å². The molecule has 0 saturated heterocycles. The summed E-state index contributed by atoms with van der Waals surface area (Å²) in [6, 6.07) is 3.29. The molecule has 0 atom stereocenters. The van der Waals surface area contributed by atoms with Crippen molar-refractivity contribution in [2.24, 2.45) is 0 Å². The standard InChI is InChI=1S/C7H5NO4.Na.H/c9-4-5-3-6(10)1-2-7(5)8(11)12;;/h1-4,10H;;/q;+1;-1. The van der Waals surface area contributed by atoms with Crippen LogP contribution in [0.1, 0.15) is 11.8 Å². The fourth-order valence-electron chi connectivity index (χ4n) is 0.803. The van der Waals surface area contributed by atoms with E-state index in [1.807, 2.05) is 0 Å². The maximum absolute atomic E-state index is 10.3. The van der Waals surface area contributed by atoms with Crippen molar-refractivity contribution >= 4 is 12.0 Å². The number of rotatable bonds is 2. The summed E-state index contributed by atoms with van der Waals surface area (Å²) in [7, 11) is 0. The molecule has 0 saturated carbocycles. The van der Waals surface area contributed by atoms with Crippen LogP contribution in [0, 0.1) is 10.1 Å². The minimum absolute atomic E-state index is 0. The minimum atomic E-state index is -0.677. The van der Waals surface area contributed by atoms with Gasteiger partial charge in [0.1, 0.15) is 5.75 Å². The van der Waals surface area contributed by atoms with Crippen LogP contribution < -0.4 is 29.6 Å². The van der Waals surface area contributed by atoms with Crippen molar-refractivity contribution in [1.29, 1.82) is 0 Å². The van der Waals surface area contributed by atoms with E-state index in [1.165, 1.54) is 0 Å². The Hall–Kier alpha value is -0.910. The van der Waals surface area contributed by atoms with Crippen LogP contribution in [0.4, 0.5) is 5.69 Å². The number of hydrogen-bond acceptors (Lipinski definition) is 4. The van der Waals surface area contributed by atoms with Crippen molar-refractivity contribution in [2.45, 2.75) is 0 Å². The number of carbonyl (C=O) groups is 1. The molecule has 0 aliphatic heterocycles. The summed E-state index contributed by atoms with van der Waals surface area (Å²) in [5.74, 6) is -0.164. The maximum atomic E-state index is 10.3. The van der Waals surface area contributed by atoms with Crippen LogP contribution >= 0.6 is 0 Å². The predicted octanol–water partition coefficient (Wildman–Crippen LogP) is -1.77. The molecule has 0 radical (unpaired) electrons. The van der Waals surface area contributed by atoms with Gasteiger partial charge in [0.05, 0.1) is 10.5 Å². The number of nitro groups is 1. The first-order valence-corrected chi connectivity index (χ1v) is 3.07. The van der Waals surface area contributed by atoms with Gasteiger partial charge in [0.15, 0.2) is 6.29 Å². The predicted molar refractivity (Wildman–Crippen MR) is 41.3 cm³/mol. The Balaban J connectivity index is 0. The molecule has 0 aliphatic carbocycles. The Morgan fingerprint density at radius 1 is 1.54 bits per heavy atom. The molecule has 0 amide bonds. The van der Waals surface area contributed by atoms with Crippen LogP contribution in [0.25, 0.3) is 0 Å². The molecule has 6 heteroatoms. The van der Waals surface area contributed by atoms with Gasteiger partial charge in [-0.1, -0.05) is 0 Å². The van der Waals surface area contributed by atoms with Gasteiger partial charge in [-0.15, -0.1) is 0 Å². The van der Waals surface area contributed by atoms with E-state index in [0.717, 1.165) is 18.2 Å². The minimum Gasteiger partial charge on any atom is -1.00 e. The van der Waals surface area contributed by atoms with E-state index in [0.29, 0.717) is 6.29 Å². The Bertz CT molecular complexity index is 344. The van der Waals surface area contributed by atoms with Crippen LogP contribution in [0.15, 0.2) is 18.2 Å². The van der Waals surface area contributed by atoms with Gasteiger partial charge in [0.2, 0.25) is 0 Å². The monoisotopic (exact) mass is 191 g/mol. The molecule has 0 unspecified atom stereocenters. The second-order valence-corrected chi connectivity index (χ2v) is 2.12. The normalized spacial score (nSPS) is 8.62. The first-order chi connectivity index (χ1) is 5.65. The molecule has 1 N–H and O–H groups in total. The third-order valence-corrected chi connectivity index (χ3v) is 1.33. The van der Waals surface area contributed by atoms with Gasteiger partial charge in [0.25, 0.3) is 5.69 Å². The van der Waals surface area contributed by atoms with E-state index in [-0.39, 0.29) is 48.0 Å². The van der Waals surface area contributed by atoms with Crippen LogP contribution in [0.2, 0.25) is 0 Å². The Morgan fingerprint density at radius 3 is 2.62 bits per heavy atom. The molecule has 64 valence electrons. The number of hydrogen-bond donors (Lipinski definition) is 1. The van der Waals surface area contributed by atoms with Gasteiger partial charge in [-0.2, -0.15) is 0 Å². The van der Waals surface area contributed by atoms with Crippen molar-refractivity contribution in [3.8, 4) is 5.75 Å². The molecule has 0 bridgehead atoms. The molecule has 1 rings (SSSR count). The first kappa shape index (κ1) is 12.1. The smallest absolute Gasteiger partial charge is 1.00 e. The topological polar surface area (TPSA) is 80.4 Å². The zero-order valence-corrected chi connectivity index (χ0v) is 8.93. The maximum Gasteiger partial charge on any atom is 1.00 e. The fourth-order valence-corrected chi connectivity index (χ4v) is 0.803. The van der Waals surface area contributed by atoms with Crippen LogP contribution in [0.5, 0.6) is 5.75 Å². The molecule has 0 fully saturated rings. The van der Waals surface area contributed by atoms with E-state index < -0.39 is 4.92 Å². The zero-order chi connectivity index (χ0) is 9.14. The quantitative estimate of drug-likeness (QED) is 0.259. The fraction of sp³-hybridized carbons (Fsp3) is 0. The Morgan fingerprint density at radius 2 is 2.15 bits per heavy atom. The van der Waals surface area contributed by atoms with Gasteiger partial charge in [-0.05, 0) is 12.1 Å². The number of nitrogens with zero attached hydrogens (tertiary/aromatic N) is 1. The largest absolute Gasteiger partial charge is 1.00 e. The summed E-state index contributed by atoms with van der Waals surface area (Å²) in [5.41, 5.74) is -0.428. The zero-order valence-electron chi connectivity index (χ0n) is 7.93. The molecular weight excluding hydrogens is 185 g/mol. The van der Waals surface area contributed by atoms with Crippen LogP contribution in [-0.4, -0.2) is 16.3 Å². The van der Waals surface area contributed by atoms with Crippen molar-refractivity contribution in [2.75, 3.05) is 0 Å². The summed E-state index contributed by atoms with van der Waals surface area (Å²) in [6.07, 6.45) is 0.331. The molecule has 5 nitrogen and oxygen atoms in total. The third-order valence-electron chi connectivity index (χ3n) is 1.33. The molecule has 0 spiro atoms. The summed E-state index contributed by atoms with van der Waals surface area (Å²) in [4.78, 5) is 19.8. The molecular formula is C7H6NNaO4. The van der Waals surface area contributed by atoms with Crippen molar-refractivity contribution in [3.63, 3.8) is 0 Å². The number of carbonyl (C=O) groups excluding carboxylic acids is 1. The van der Waals surface area contributed by atoms with Gasteiger partial charge < -0.3 is 6.53 Å². The molecule has 0 aromatic heterocycles. The van der Waals surface area contributed by atoms with Crippen molar-refractivity contribution in [1.82, 2.24) is 0 Å². The molecule has 1 aromatic carbocycles. The molecule has 13 heavy (non-hydrogen) atoms. The number of aldehydes is 1. The summed E-state index contributed by atoms with van der Waals surface area (Å²) in [6.45, 7) is 0. The van der Waals surface area contributed by atoms with E-state index in [1.54, 1.807) is 0 Å². The van der Waals surface area contributed by atoms with E-state index in [2.05, 4.69) is 0 Å². The summed E-state index contributed by atoms with van der Waals surface area (Å²) in [5, 5.41) is 19.1. The Kier molecular flexibility index (Phi) is 4.61. The number of nitro benzene ring substituents is 1. The first-order valence-electron chi connectivity index (χ1n) is 3.07.